The first-order chi connectivity index (χ1) is 20.9. The highest BCUT2D eigenvalue weighted by molar-refractivity contribution is 7.89. The summed E-state index contributed by atoms with van der Waals surface area (Å²) in [5.41, 5.74) is 2.91. The number of likely N-dealkylation sites (N-methyl/N-ethyl adjacent to an activating group) is 1. The smallest absolute Gasteiger partial charge is 0.324 e. The van der Waals surface area contributed by atoms with Crippen molar-refractivity contribution in [1.82, 2.24) is 14.1 Å². The van der Waals surface area contributed by atoms with Crippen molar-refractivity contribution >= 4 is 33.3 Å². The summed E-state index contributed by atoms with van der Waals surface area (Å²) in [5.74, 6) is -0.980. The third kappa shape index (κ3) is 10.0. The van der Waals surface area contributed by atoms with Crippen molar-refractivity contribution in [3.05, 3.63) is 57.9 Å². The summed E-state index contributed by atoms with van der Waals surface area (Å²) in [4.78, 5) is 19.0. The van der Waals surface area contributed by atoms with Gasteiger partial charge in [-0.05, 0) is 74.7 Å². The molecule has 0 radical (unpaired) electrons. The molecule has 9 nitrogen and oxygen atoms in total. The molecule has 0 aliphatic carbocycles. The topological polar surface area (TPSA) is 82.6 Å². The van der Waals surface area contributed by atoms with Crippen molar-refractivity contribution in [1.29, 1.82) is 0 Å². The highest BCUT2D eigenvalue weighted by Gasteiger charge is 2.42. The normalized spacial score (nSPS) is 17.6. The molecular formula is C33H50ClFN4O5S. The molecule has 3 rings (SSSR count). The van der Waals surface area contributed by atoms with Crippen LogP contribution in [0.2, 0.25) is 5.02 Å². The predicted molar refractivity (Wildman–Crippen MR) is 179 cm³/mol. The standard InChI is InChI=1S/C33H50ClFN4O5S/c1-10-44-32(40)29-13-14-45(41,42)39(29)20-24-15-23(16-25(17-24)37(7)8)19-38(26(21-36(5)6)18-33(2,3)4)22-27-28(34)11-12-30(43-9)31(27)35/h11-12,15-17,26,29H,10,13-14,18-22H2,1-9H3/t26-,29?/m0/s1. The number of carbonyl (C=O) groups excluding carboxylic acids is 1. The van der Waals surface area contributed by atoms with Crippen LogP contribution in [0.1, 0.15) is 57.2 Å². The Labute approximate surface area is 274 Å². The van der Waals surface area contributed by atoms with Gasteiger partial charge in [0.1, 0.15) is 6.04 Å². The number of nitrogens with zero attached hydrogens (tertiary/aromatic N) is 4. The lowest BCUT2D eigenvalue weighted by Gasteiger charge is -2.38. The third-order valence-electron chi connectivity index (χ3n) is 7.86. The van der Waals surface area contributed by atoms with Crippen molar-refractivity contribution < 1.29 is 27.1 Å². The van der Waals surface area contributed by atoms with Crippen LogP contribution in [0.4, 0.5) is 10.1 Å². The van der Waals surface area contributed by atoms with E-state index in [9.17, 15) is 13.2 Å². The van der Waals surface area contributed by atoms with Crippen molar-refractivity contribution in [2.75, 3.05) is 59.1 Å². The molecule has 0 spiro atoms. The molecule has 2 aromatic rings. The molecular weight excluding hydrogens is 619 g/mol. The van der Waals surface area contributed by atoms with Crippen LogP contribution in [0.25, 0.3) is 0 Å². The number of hydrogen-bond acceptors (Lipinski definition) is 8. The van der Waals surface area contributed by atoms with Gasteiger partial charge in [0, 0.05) is 62.6 Å². The maximum Gasteiger partial charge on any atom is 0.324 e. The molecule has 0 aromatic heterocycles. The van der Waals surface area contributed by atoms with E-state index in [0.29, 0.717) is 17.1 Å². The molecule has 0 bridgehead atoms. The van der Waals surface area contributed by atoms with Gasteiger partial charge < -0.3 is 19.3 Å². The molecule has 1 aliphatic rings. The van der Waals surface area contributed by atoms with Crippen LogP contribution >= 0.6 is 11.6 Å². The minimum absolute atomic E-state index is 0.0154. The van der Waals surface area contributed by atoms with Crippen LogP contribution in [0.3, 0.4) is 0 Å². The first-order valence-electron chi connectivity index (χ1n) is 15.3. The molecule has 1 unspecified atom stereocenters. The maximum absolute atomic E-state index is 15.6. The second-order valence-corrected chi connectivity index (χ2v) is 15.9. The van der Waals surface area contributed by atoms with Crippen molar-refractivity contribution in [3.8, 4) is 5.75 Å². The van der Waals surface area contributed by atoms with E-state index in [1.54, 1.807) is 13.0 Å². The summed E-state index contributed by atoms with van der Waals surface area (Å²) in [7, 11) is 5.69. The molecule has 1 fully saturated rings. The summed E-state index contributed by atoms with van der Waals surface area (Å²) in [5, 5.41) is 0.324. The van der Waals surface area contributed by atoms with Gasteiger partial charge in [0.25, 0.3) is 0 Å². The van der Waals surface area contributed by atoms with Gasteiger partial charge in [-0.25, -0.2) is 12.8 Å². The van der Waals surface area contributed by atoms with Crippen molar-refractivity contribution in [2.24, 2.45) is 5.41 Å². The zero-order valence-electron chi connectivity index (χ0n) is 28.2. The number of hydrogen-bond donors (Lipinski definition) is 0. The van der Waals surface area contributed by atoms with Crippen molar-refractivity contribution in [3.63, 3.8) is 0 Å². The molecule has 2 aromatic carbocycles. The highest BCUT2D eigenvalue weighted by Crippen LogP contribution is 2.33. The molecule has 1 saturated heterocycles. The molecule has 12 heteroatoms. The SMILES string of the molecule is CCOC(=O)C1CCS(=O)(=O)N1Cc1cc(CN(Cc2c(Cl)ccc(OC)c2F)[C@H](CN(C)C)CC(C)(C)C)cc(N(C)C)c1. The van der Waals surface area contributed by atoms with Crippen LogP contribution in [-0.4, -0.2) is 94.8 Å². The number of carbonyl (C=O) groups is 1. The van der Waals surface area contributed by atoms with Gasteiger partial charge in [-0.1, -0.05) is 38.4 Å². The number of benzene rings is 2. The Morgan fingerprint density at radius 3 is 2.36 bits per heavy atom. The molecule has 0 saturated carbocycles. The Hall–Kier alpha value is -2.44. The quantitative estimate of drug-likeness (QED) is 0.248. The third-order valence-corrected chi connectivity index (χ3v) is 10.1. The van der Waals surface area contributed by atoms with E-state index in [4.69, 9.17) is 21.1 Å². The lowest BCUT2D eigenvalue weighted by Crippen LogP contribution is -2.43. The van der Waals surface area contributed by atoms with Crippen molar-refractivity contribution in [2.45, 2.75) is 72.3 Å². The molecule has 1 heterocycles. The molecule has 0 amide bonds. The van der Waals surface area contributed by atoms with Crippen LogP contribution in [-0.2, 0) is 39.2 Å². The van der Waals surface area contributed by atoms with Crippen LogP contribution < -0.4 is 9.64 Å². The molecule has 45 heavy (non-hydrogen) atoms. The summed E-state index contributed by atoms with van der Waals surface area (Å²) >= 11 is 6.59. The van der Waals surface area contributed by atoms with E-state index < -0.39 is 27.9 Å². The Bertz CT molecular complexity index is 1430. The van der Waals surface area contributed by atoms with Gasteiger partial charge in [0.2, 0.25) is 10.0 Å². The van der Waals surface area contributed by atoms with Crippen LogP contribution in [0, 0.1) is 11.2 Å². The number of sulfonamides is 1. The molecule has 0 N–H and O–H groups in total. The number of halogens is 2. The Balaban J connectivity index is 2.09. The predicted octanol–water partition coefficient (Wildman–Crippen LogP) is 5.39. The fourth-order valence-corrected chi connectivity index (χ4v) is 7.72. The number of rotatable bonds is 14. The van der Waals surface area contributed by atoms with E-state index in [1.165, 1.54) is 17.5 Å². The summed E-state index contributed by atoms with van der Waals surface area (Å²) in [6.45, 7) is 9.91. The Morgan fingerprint density at radius 2 is 1.78 bits per heavy atom. The monoisotopic (exact) mass is 668 g/mol. The van der Waals surface area contributed by atoms with Gasteiger partial charge in [0.05, 0.1) is 19.5 Å². The van der Waals surface area contributed by atoms with Gasteiger partial charge in [-0.3, -0.25) is 9.69 Å². The summed E-state index contributed by atoms with van der Waals surface area (Å²) in [6.07, 6.45) is 1.03. The Kier molecular flexibility index (Phi) is 12.7. The minimum atomic E-state index is -3.64. The molecule has 2 atom stereocenters. The molecule has 252 valence electrons. The number of methoxy groups -OCH3 is 1. The molecule has 1 aliphatic heterocycles. The van der Waals surface area contributed by atoms with Gasteiger partial charge in [-0.15, -0.1) is 0 Å². The van der Waals surface area contributed by atoms with Gasteiger partial charge in [-0.2, -0.15) is 4.31 Å². The first kappa shape index (κ1) is 37.0. The van der Waals surface area contributed by atoms with E-state index in [0.717, 1.165) is 29.8 Å². The average molecular weight is 669 g/mol. The number of ether oxygens (including phenoxy) is 2. The van der Waals surface area contributed by atoms with Gasteiger partial charge in [0.15, 0.2) is 11.6 Å². The average Bonchev–Trinajstić information content (AvgIpc) is 3.22. The van der Waals surface area contributed by atoms with Crippen LogP contribution in [0.15, 0.2) is 30.3 Å². The lowest BCUT2D eigenvalue weighted by molar-refractivity contribution is -0.147. The number of anilines is 1. The first-order valence-corrected chi connectivity index (χ1v) is 17.3. The Morgan fingerprint density at radius 1 is 1.11 bits per heavy atom. The zero-order chi connectivity index (χ0) is 33.7. The zero-order valence-corrected chi connectivity index (χ0v) is 29.8. The largest absolute Gasteiger partial charge is 0.494 e. The minimum Gasteiger partial charge on any atom is -0.494 e. The second-order valence-electron chi connectivity index (χ2n) is 13.4. The van der Waals surface area contributed by atoms with E-state index in [1.807, 2.05) is 45.2 Å². The fourth-order valence-electron chi connectivity index (χ4n) is 5.83. The van der Waals surface area contributed by atoms with Gasteiger partial charge >= 0.3 is 5.97 Å². The maximum atomic E-state index is 15.6. The highest BCUT2D eigenvalue weighted by atomic mass is 35.5. The van der Waals surface area contributed by atoms with E-state index >= 15 is 4.39 Å². The summed E-state index contributed by atoms with van der Waals surface area (Å²) in [6, 6.07) is 8.33. The van der Waals surface area contributed by atoms with Crippen LogP contribution in [0.5, 0.6) is 5.75 Å². The number of esters is 1. The lowest BCUT2D eigenvalue weighted by atomic mass is 9.87. The second kappa shape index (κ2) is 15.4. The van der Waals surface area contributed by atoms with E-state index in [-0.39, 0.29) is 49.1 Å². The summed E-state index contributed by atoms with van der Waals surface area (Å²) < 4.78 is 53.5. The van der Waals surface area contributed by atoms with E-state index in [2.05, 4.69) is 36.6 Å². The fraction of sp³-hybridized carbons (Fsp3) is 0.606.